The van der Waals surface area contributed by atoms with Crippen LogP contribution in [0.1, 0.15) is 84.0 Å². The van der Waals surface area contributed by atoms with Crippen LogP contribution in [0.2, 0.25) is 0 Å². The second-order valence-corrected chi connectivity index (χ2v) is 15.9. The lowest BCUT2D eigenvalue weighted by molar-refractivity contribution is -0.160. The molecule has 0 unspecified atom stereocenters. The predicted molar refractivity (Wildman–Crippen MR) is 209 cm³/mol. The quantitative estimate of drug-likeness (QED) is 0.0352. The Balaban J connectivity index is 1.24. The van der Waals surface area contributed by atoms with Gasteiger partial charge in [-0.25, -0.2) is 14.4 Å². The molecule has 17 heteroatoms. The SMILES string of the molecule is [C-]#[N+]/C(C(=O)OCCCCOC(=O)C=C)=C1/Sc2c(OC(C)=O)ccc(OC(=O)C3CCC(OC(=O)C4CCC(C(=O)OCCCCOC(=O)C=C)CC4)CC3)c2S1. The first-order valence-electron chi connectivity index (χ1n) is 19.1. The Morgan fingerprint density at radius 1 is 0.655 bits per heavy atom. The molecule has 0 atom stereocenters. The second-order valence-electron chi connectivity index (χ2n) is 13.6. The van der Waals surface area contributed by atoms with Gasteiger partial charge in [-0.1, -0.05) is 36.7 Å². The zero-order chi connectivity index (χ0) is 42.0. The van der Waals surface area contributed by atoms with E-state index in [1.807, 2.05) is 0 Å². The second kappa shape index (κ2) is 23.4. The Bertz CT molecular complexity index is 1800. The maximum absolute atomic E-state index is 13.4. The highest BCUT2D eigenvalue weighted by Gasteiger charge is 2.36. The molecule has 0 bridgehead atoms. The van der Waals surface area contributed by atoms with Crippen molar-refractivity contribution in [2.24, 2.45) is 17.8 Å². The number of thioether (sulfide) groups is 2. The fourth-order valence-electron chi connectivity index (χ4n) is 6.34. The Kier molecular flexibility index (Phi) is 18.4. The van der Waals surface area contributed by atoms with Crippen molar-refractivity contribution in [1.82, 2.24) is 0 Å². The lowest BCUT2D eigenvalue weighted by Gasteiger charge is -2.30. The first-order valence-corrected chi connectivity index (χ1v) is 20.7. The van der Waals surface area contributed by atoms with E-state index in [-0.39, 0.29) is 77.7 Å². The van der Waals surface area contributed by atoms with Crippen LogP contribution in [-0.2, 0) is 57.2 Å². The summed E-state index contributed by atoms with van der Waals surface area (Å²) in [7, 11) is 0. The van der Waals surface area contributed by atoms with Gasteiger partial charge in [0.1, 0.15) is 17.6 Å². The molecular formula is C41H47NO14S2. The average Bonchev–Trinajstić information content (AvgIpc) is 3.67. The van der Waals surface area contributed by atoms with E-state index in [1.54, 1.807) is 0 Å². The number of ether oxygens (including phenoxy) is 7. The number of nitrogens with zero attached hydrogens (tertiary/aromatic N) is 1. The monoisotopic (exact) mass is 841 g/mol. The third kappa shape index (κ3) is 13.8. The van der Waals surface area contributed by atoms with Crippen LogP contribution in [0.3, 0.4) is 0 Å². The van der Waals surface area contributed by atoms with Gasteiger partial charge < -0.3 is 33.2 Å². The highest BCUT2D eigenvalue weighted by Crippen LogP contribution is 2.59. The number of unbranched alkanes of at least 4 members (excludes halogenated alkanes) is 2. The third-order valence-corrected chi connectivity index (χ3v) is 12.1. The van der Waals surface area contributed by atoms with Crippen molar-refractivity contribution in [3.63, 3.8) is 0 Å². The summed E-state index contributed by atoms with van der Waals surface area (Å²) in [5, 5.41) is 0. The summed E-state index contributed by atoms with van der Waals surface area (Å²) in [5.41, 5.74) is -0.285. The number of carbonyl (C=O) groups is 7. The fourth-order valence-corrected chi connectivity index (χ4v) is 8.89. The molecule has 1 aliphatic heterocycles. The highest BCUT2D eigenvalue weighted by molar-refractivity contribution is 8.24. The Labute approximate surface area is 345 Å². The molecule has 15 nitrogen and oxygen atoms in total. The van der Waals surface area contributed by atoms with Crippen LogP contribution < -0.4 is 9.47 Å². The number of benzene rings is 1. The van der Waals surface area contributed by atoms with Gasteiger partial charge >= 0.3 is 41.8 Å². The average molecular weight is 842 g/mol. The normalized spacial score (nSPS) is 20.5. The summed E-state index contributed by atoms with van der Waals surface area (Å²) in [6.45, 7) is 16.1. The van der Waals surface area contributed by atoms with E-state index in [0.29, 0.717) is 86.8 Å². The lowest BCUT2D eigenvalue weighted by atomic mass is 9.82. The molecule has 2 saturated carbocycles. The standard InChI is InChI=1S/C41H47NO14S2/c1-5-32(44)50-21-7-9-23-52-37(46)26-11-13-27(14-12-26)38(47)55-29-17-15-28(16-18-29)39(48)56-31-20-19-30(54-25(3)43)35-36(31)58-41(57-35)34(42-4)40(49)53-24-10-8-22-51-33(45)6-2/h5-6,19-20,26-29H,1-2,7-18,21-24H2,3H3/b41-34-. The summed E-state index contributed by atoms with van der Waals surface area (Å²) >= 11 is 2.06. The maximum atomic E-state index is 13.4. The first-order chi connectivity index (χ1) is 27.9. The fraction of sp³-hybridized carbons (Fsp3) is 0.512. The molecule has 0 saturated heterocycles. The summed E-state index contributed by atoms with van der Waals surface area (Å²) in [4.78, 5) is 90.1. The minimum atomic E-state index is -0.853. The summed E-state index contributed by atoms with van der Waals surface area (Å²) in [6, 6.07) is 2.98. The molecule has 0 aromatic heterocycles. The minimum Gasteiger partial charge on any atom is -0.471 e. The number of hydrogen-bond donors (Lipinski definition) is 0. The smallest absolute Gasteiger partial charge is 0.338 e. The van der Waals surface area contributed by atoms with Crippen LogP contribution in [0.4, 0.5) is 0 Å². The molecule has 1 heterocycles. The van der Waals surface area contributed by atoms with Gasteiger partial charge in [-0.3, -0.25) is 24.0 Å². The number of esters is 7. The Morgan fingerprint density at radius 3 is 1.60 bits per heavy atom. The number of hydrogen-bond acceptors (Lipinski definition) is 16. The van der Waals surface area contributed by atoms with E-state index in [9.17, 15) is 33.6 Å². The van der Waals surface area contributed by atoms with E-state index in [1.165, 1.54) is 19.1 Å². The van der Waals surface area contributed by atoms with Gasteiger partial charge in [0.2, 0.25) is 0 Å². The lowest BCUT2D eigenvalue weighted by Crippen LogP contribution is -2.33. The van der Waals surface area contributed by atoms with Crippen LogP contribution in [-0.4, -0.2) is 74.3 Å². The van der Waals surface area contributed by atoms with Crippen molar-refractivity contribution in [2.75, 3.05) is 26.4 Å². The molecule has 0 radical (unpaired) electrons. The van der Waals surface area contributed by atoms with Crippen molar-refractivity contribution < 1.29 is 66.7 Å². The van der Waals surface area contributed by atoms with Crippen LogP contribution in [0.15, 0.2) is 57.2 Å². The molecule has 0 N–H and O–H groups in total. The first kappa shape index (κ1) is 45.6. The van der Waals surface area contributed by atoms with Crippen molar-refractivity contribution in [1.29, 1.82) is 0 Å². The zero-order valence-corrected chi connectivity index (χ0v) is 34.0. The Morgan fingerprint density at radius 2 is 1.10 bits per heavy atom. The van der Waals surface area contributed by atoms with Crippen LogP contribution in [0.5, 0.6) is 11.5 Å². The molecule has 4 rings (SSSR count). The van der Waals surface area contributed by atoms with Crippen LogP contribution in [0.25, 0.3) is 4.85 Å². The minimum absolute atomic E-state index is 0.0107. The summed E-state index contributed by atoms with van der Waals surface area (Å²) in [5.74, 6) is -4.27. The van der Waals surface area contributed by atoms with Crippen molar-refractivity contribution in [3.05, 3.63) is 58.8 Å². The number of rotatable bonds is 19. The van der Waals surface area contributed by atoms with Gasteiger partial charge in [0.05, 0.1) is 64.8 Å². The molecule has 1 aromatic rings. The Hall–Kier alpha value is -5.08. The van der Waals surface area contributed by atoms with E-state index in [2.05, 4.69) is 18.0 Å². The molecule has 3 aliphatic rings. The van der Waals surface area contributed by atoms with Gasteiger partial charge in [-0.15, -0.1) is 0 Å². The topological polar surface area (TPSA) is 188 Å². The maximum Gasteiger partial charge on any atom is 0.338 e. The third-order valence-electron chi connectivity index (χ3n) is 9.45. The highest BCUT2D eigenvalue weighted by atomic mass is 32.2. The number of fused-ring (bicyclic) bond motifs is 1. The molecule has 2 aliphatic carbocycles. The van der Waals surface area contributed by atoms with Crippen molar-refractivity contribution in [2.45, 2.75) is 99.9 Å². The van der Waals surface area contributed by atoms with E-state index in [0.717, 1.165) is 35.7 Å². The van der Waals surface area contributed by atoms with E-state index < -0.39 is 35.8 Å². The number of carbonyl (C=O) groups excluding carboxylic acids is 7. The van der Waals surface area contributed by atoms with Crippen molar-refractivity contribution >= 4 is 65.3 Å². The van der Waals surface area contributed by atoms with Gasteiger partial charge in [-0.2, -0.15) is 0 Å². The molecule has 1 aromatic carbocycles. The van der Waals surface area contributed by atoms with Gasteiger partial charge in [-0.05, 0) is 89.2 Å². The van der Waals surface area contributed by atoms with Crippen molar-refractivity contribution in [3.8, 4) is 11.5 Å². The molecule has 58 heavy (non-hydrogen) atoms. The van der Waals surface area contributed by atoms with Gasteiger partial charge in [0.25, 0.3) is 5.70 Å². The molecule has 0 amide bonds. The molecule has 312 valence electrons. The van der Waals surface area contributed by atoms with Crippen LogP contribution >= 0.6 is 23.5 Å². The molecular weight excluding hydrogens is 795 g/mol. The van der Waals surface area contributed by atoms with E-state index >= 15 is 0 Å². The molecule has 0 spiro atoms. The van der Waals surface area contributed by atoms with Gasteiger partial charge in [0.15, 0.2) is 0 Å². The molecule has 2 fully saturated rings. The van der Waals surface area contributed by atoms with Gasteiger partial charge in [0, 0.05) is 19.1 Å². The predicted octanol–water partition coefficient (Wildman–Crippen LogP) is 6.82. The van der Waals surface area contributed by atoms with E-state index in [4.69, 9.17) is 39.7 Å². The summed E-state index contributed by atoms with van der Waals surface area (Å²) in [6.07, 6.45) is 7.62. The van der Waals surface area contributed by atoms with Crippen LogP contribution in [0, 0.1) is 24.3 Å². The largest absolute Gasteiger partial charge is 0.471 e. The zero-order valence-electron chi connectivity index (χ0n) is 32.3. The summed E-state index contributed by atoms with van der Waals surface area (Å²) < 4.78 is 37.8.